The summed E-state index contributed by atoms with van der Waals surface area (Å²) in [5, 5.41) is 4.69. The highest BCUT2D eigenvalue weighted by atomic mass is 35.5. The fourth-order valence-electron chi connectivity index (χ4n) is 3.30. The van der Waals surface area contributed by atoms with Crippen LogP contribution in [0.4, 0.5) is 0 Å². The number of hydrogen-bond donors (Lipinski definition) is 1. The zero-order chi connectivity index (χ0) is 21.6. The van der Waals surface area contributed by atoms with E-state index in [4.69, 9.17) is 27.9 Å². The van der Waals surface area contributed by atoms with Crippen molar-refractivity contribution in [3.05, 3.63) is 63.6 Å². The second-order valence-electron chi connectivity index (χ2n) is 7.76. The van der Waals surface area contributed by atoms with Gasteiger partial charge >= 0.3 is 0 Å². The van der Waals surface area contributed by atoms with Gasteiger partial charge in [-0.3, -0.25) is 0 Å². The maximum Gasteiger partial charge on any atom is 0.120 e. The molecule has 0 spiro atoms. The molecule has 0 aliphatic heterocycles. The van der Waals surface area contributed by atoms with Gasteiger partial charge in [0.05, 0.1) is 10.0 Å². The lowest BCUT2D eigenvalue weighted by molar-refractivity contribution is 0.261. The molecule has 0 amide bonds. The second-order valence-corrected chi connectivity index (χ2v) is 8.58. The molecule has 0 atom stereocenters. The first-order valence-electron chi connectivity index (χ1n) is 11.2. The molecule has 5 heteroatoms. The lowest BCUT2D eigenvalue weighted by Gasteiger charge is -2.22. The SMILES string of the molecule is CCCCN(CCCC)CCCNCc1cccc(OCc2ccc(Cl)c(Cl)c2)c1. The Morgan fingerprint density at radius 2 is 1.57 bits per heavy atom. The van der Waals surface area contributed by atoms with E-state index in [9.17, 15) is 0 Å². The van der Waals surface area contributed by atoms with E-state index in [1.165, 1.54) is 57.3 Å². The quantitative estimate of drug-likeness (QED) is 0.297. The average Bonchev–Trinajstić information content (AvgIpc) is 2.76. The number of hydrogen-bond acceptors (Lipinski definition) is 3. The Labute approximate surface area is 192 Å². The van der Waals surface area contributed by atoms with Gasteiger partial charge in [-0.25, -0.2) is 0 Å². The molecular weight excluding hydrogens is 415 g/mol. The third-order valence-corrected chi connectivity index (χ3v) is 5.84. The topological polar surface area (TPSA) is 24.5 Å². The van der Waals surface area contributed by atoms with Gasteiger partial charge in [-0.1, -0.05) is 68.1 Å². The molecule has 30 heavy (non-hydrogen) atoms. The summed E-state index contributed by atoms with van der Waals surface area (Å²) in [6.07, 6.45) is 6.31. The molecule has 0 saturated heterocycles. The largest absolute Gasteiger partial charge is 0.489 e. The van der Waals surface area contributed by atoms with Crippen LogP contribution in [0.1, 0.15) is 57.1 Å². The molecule has 2 rings (SSSR count). The Bertz CT molecular complexity index is 731. The van der Waals surface area contributed by atoms with Crippen LogP contribution < -0.4 is 10.1 Å². The van der Waals surface area contributed by atoms with Crippen LogP contribution in [-0.4, -0.2) is 31.1 Å². The zero-order valence-corrected chi connectivity index (χ0v) is 19.9. The van der Waals surface area contributed by atoms with Crippen LogP contribution in [0.3, 0.4) is 0 Å². The number of halogens is 2. The normalized spacial score (nSPS) is 11.2. The van der Waals surface area contributed by atoms with E-state index in [0.29, 0.717) is 16.7 Å². The first-order chi connectivity index (χ1) is 14.6. The highest BCUT2D eigenvalue weighted by molar-refractivity contribution is 6.42. The Balaban J connectivity index is 1.71. The fourth-order valence-corrected chi connectivity index (χ4v) is 3.62. The summed E-state index contributed by atoms with van der Waals surface area (Å²) in [5.41, 5.74) is 2.24. The van der Waals surface area contributed by atoms with Crippen molar-refractivity contribution in [1.29, 1.82) is 0 Å². The van der Waals surface area contributed by atoms with Crippen molar-refractivity contribution in [2.45, 2.75) is 59.1 Å². The number of benzene rings is 2. The first kappa shape index (κ1) is 25.0. The molecule has 0 radical (unpaired) electrons. The molecule has 2 aromatic carbocycles. The van der Waals surface area contributed by atoms with Crippen molar-refractivity contribution in [1.82, 2.24) is 10.2 Å². The van der Waals surface area contributed by atoms with E-state index in [2.05, 4.69) is 36.2 Å². The molecule has 0 aliphatic rings. The zero-order valence-electron chi connectivity index (χ0n) is 18.4. The van der Waals surface area contributed by atoms with Gasteiger partial charge in [-0.05, 0) is 80.8 Å². The van der Waals surface area contributed by atoms with Crippen LogP contribution in [0.5, 0.6) is 5.75 Å². The lowest BCUT2D eigenvalue weighted by atomic mass is 10.2. The highest BCUT2D eigenvalue weighted by Crippen LogP contribution is 2.23. The van der Waals surface area contributed by atoms with Crippen molar-refractivity contribution in [2.75, 3.05) is 26.2 Å². The van der Waals surface area contributed by atoms with Crippen molar-refractivity contribution in [2.24, 2.45) is 0 Å². The van der Waals surface area contributed by atoms with Gasteiger partial charge in [0.15, 0.2) is 0 Å². The third-order valence-electron chi connectivity index (χ3n) is 5.10. The number of nitrogens with zero attached hydrogens (tertiary/aromatic N) is 1. The molecular formula is C25H36Cl2N2O. The Kier molecular flexibility index (Phi) is 12.2. The molecule has 0 unspecified atom stereocenters. The van der Waals surface area contributed by atoms with Crippen LogP contribution in [0.25, 0.3) is 0 Å². The van der Waals surface area contributed by atoms with Gasteiger partial charge < -0.3 is 15.0 Å². The smallest absolute Gasteiger partial charge is 0.120 e. The highest BCUT2D eigenvalue weighted by Gasteiger charge is 2.04. The first-order valence-corrected chi connectivity index (χ1v) is 12.0. The van der Waals surface area contributed by atoms with Crippen LogP contribution >= 0.6 is 23.2 Å². The summed E-state index contributed by atoms with van der Waals surface area (Å²) in [6.45, 7) is 10.5. The molecule has 0 aliphatic carbocycles. The number of unbranched alkanes of at least 4 members (excludes halogenated alkanes) is 2. The summed E-state index contributed by atoms with van der Waals surface area (Å²) >= 11 is 12.0. The van der Waals surface area contributed by atoms with Gasteiger partial charge in [0.25, 0.3) is 0 Å². The maximum atomic E-state index is 6.07. The minimum Gasteiger partial charge on any atom is -0.489 e. The predicted octanol–water partition coefficient (Wildman–Crippen LogP) is 6.95. The van der Waals surface area contributed by atoms with E-state index < -0.39 is 0 Å². The minimum absolute atomic E-state index is 0.471. The molecule has 0 heterocycles. The van der Waals surface area contributed by atoms with Crippen LogP contribution in [-0.2, 0) is 13.2 Å². The van der Waals surface area contributed by atoms with Crippen molar-refractivity contribution < 1.29 is 4.74 Å². The fraction of sp³-hybridized carbons (Fsp3) is 0.520. The summed E-state index contributed by atoms with van der Waals surface area (Å²) in [6, 6.07) is 13.8. The van der Waals surface area contributed by atoms with Gasteiger partial charge in [-0.15, -0.1) is 0 Å². The Morgan fingerprint density at radius 1 is 0.833 bits per heavy atom. The minimum atomic E-state index is 0.471. The van der Waals surface area contributed by atoms with E-state index in [0.717, 1.165) is 24.4 Å². The monoisotopic (exact) mass is 450 g/mol. The molecule has 3 nitrogen and oxygen atoms in total. The molecule has 1 N–H and O–H groups in total. The Hall–Kier alpha value is -1.26. The maximum absolute atomic E-state index is 6.07. The van der Waals surface area contributed by atoms with Crippen LogP contribution in [0, 0.1) is 0 Å². The number of nitrogens with one attached hydrogen (secondary N) is 1. The second kappa shape index (κ2) is 14.7. The summed E-state index contributed by atoms with van der Waals surface area (Å²) in [7, 11) is 0. The van der Waals surface area contributed by atoms with Crippen molar-refractivity contribution in [3.8, 4) is 5.75 Å². The lowest BCUT2D eigenvalue weighted by Crippen LogP contribution is -2.29. The van der Waals surface area contributed by atoms with E-state index >= 15 is 0 Å². The number of rotatable bonds is 15. The number of ether oxygens (including phenoxy) is 1. The molecule has 0 bridgehead atoms. The molecule has 0 aromatic heterocycles. The molecule has 166 valence electrons. The van der Waals surface area contributed by atoms with Crippen molar-refractivity contribution in [3.63, 3.8) is 0 Å². The molecule has 0 fully saturated rings. The summed E-state index contributed by atoms with van der Waals surface area (Å²) < 4.78 is 5.93. The van der Waals surface area contributed by atoms with Crippen LogP contribution in [0.2, 0.25) is 10.0 Å². The van der Waals surface area contributed by atoms with E-state index in [1.54, 1.807) is 6.07 Å². The molecule has 2 aromatic rings. The van der Waals surface area contributed by atoms with Gasteiger partial charge in [0, 0.05) is 6.54 Å². The van der Waals surface area contributed by atoms with Crippen LogP contribution in [0.15, 0.2) is 42.5 Å². The Morgan fingerprint density at radius 3 is 2.27 bits per heavy atom. The van der Waals surface area contributed by atoms with E-state index in [1.807, 2.05) is 24.3 Å². The standard InChI is InChI=1S/C25H36Cl2N2O/c1-3-5-14-29(15-6-4-2)16-8-13-28-19-21-9-7-10-23(17-21)30-20-22-11-12-24(26)25(27)18-22/h7,9-12,17-18,28H,3-6,8,13-16,19-20H2,1-2H3. The average molecular weight is 451 g/mol. The summed E-state index contributed by atoms with van der Waals surface area (Å²) in [5.74, 6) is 0.866. The van der Waals surface area contributed by atoms with E-state index in [-0.39, 0.29) is 0 Å². The van der Waals surface area contributed by atoms with Gasteiger partial charge in [-0.2, -0.15) is 0 Å². The van der Waals surface area contributed by atoms with Gasteiger partial charge in [0.2, 0.25) is 0 Å². The van der Waals surface area contributed by atoms with Gasteiger partial charge in [0.1, 0.15) is 12.4 Å². The predicted molar refractivity (Wildman–Crippen MR) is 130 cm³/mol. The molecule has 0 saturated carbocycles. The van der Waals surface area contributed by atoms with Crippen molar-refractivity contribution >= 4 is 23.2 Å². The summed E-state index contributed by atoms with van der Waals surface area (Å²) in [4.78, 5) is 2.62. The third kappa shape index (κ3) is 9.70.